The summed E-state index contributed by atoms with van der Waals surface area (Å²) in [5.74, 6) is 1.80. The fraction of sp³-hybridized carbons (Fsp3) is 0.0938. The molecule has 0 unspecified atom stereocenters. The Bertz CT molecular complexity index is 2040. The number of fused-ring (bicyclic) bond motifs is 2. The lowest BCUT2D eigenvalue weighted by molar-refractivity contribution is 0.267. The molecule has 0 amide bonds. The summed E-state index contributed by atoms with van der Waals surface area (Å²) in [4.78, 5) is 18.4. The number of hydrogen-bond acceptors (Lipinski definition) is 6. The molecule has 0 spiro atoms. The van der Waals surface area contributed by atoms with E-state index in [1.165, 1.54) is 4.68 Å². The number of nitrogens with zero attached hydrogens (tertiary/aromatic N) is 3. The van der Waals surface area contributed by atoms with E-state index in [1.807, 2.05) is 49.4 Å². The van der Waals surface area contributed by atoms with Crippen molar-refractivity contribution in [3.05, 3.63) is 120 Å². The molecule has 0 saturated heterocycles. The monoisotopic (exact) mass is 709 g/mol. The van der Waals surface area contributed by atoms with Gasteiger partial charge in [0.25, 0.3) is 5.56 Å². The van der Waals surface area contributed by atoms with Gasteiger partial charge in [-0.05, 0) is 89.7 Å². The minimum atomic E-state index is -0.329. The summed E-state index contributed by atoms with van der Waals surface area (Å²) in [6, 6.07) is 25.5. The maximum absolute atomic E-state index is 13.6. The average Bonchev–Trinajstić information content (AvgIpc) is 3.40. The topological polar surface area (TPSA) is 78.9 Å². The van der Waals surface area contributed by atoms with Crippen molar-refractivity contribution in [1.82, 2.24) is 9.66 Å². The van der Waals surface area contributed by atoms with Crippen molar-refractivity contribution in [2.45, 2.75) is 13.5 Å². The largest absolute Gasteiger partial charge is 0.490 e. The third kappa shape index (κ3) is 5.74. The first-order valence-electron chi connectivity index (χ1n) is 13.0. The van der Waals surface area contributed by atoms with E-state index in [4.69, 9.17) is 42.1 Å². The Balaban J connectivity index is 1.41. The van der Waals surface area contributed by atoms with Crippen molar-refractivity contribution in [1.29, 1.82) is 0 Å². The van der Waals surface area contributed by atoms with Gasteiger partial charge in [-0.1, -0.05) is 53.5 Å². The average molecular weight is 710 g/mol. The molecule has 0 N–H and O–H groups in total. The Kier molecular flexibility index (Phi) is 8.19. The molecule has 0 aliphatic rings. The van der Waals surface area contributed by atoms with Crippen LogP contribution < -0.4 is 15.0 Å². The number of halogens is 3. The van der Waals surface area contributed by atoms with Crippen LogP contribution in [-0.4, -0.2) is 22.5 Å². The fourth-order valence-electron chi connectivity index (χ4n) is 4.47. The predicted octanol–water partition coefficient (Wildman–Crippen LogP) is 8.58. The van der Waals surface area contributed by atoms with E-state index in [9.17, 15) is 4.79 Å². The standard InChI is InChI=1S/C32H22Cl2IN3O4/c1-2-40-28-14-19(13-25(35)30(28)41-18-20-7-3-5-9-24(20)34)17-36-38-31(37-26-10-6-4-8-23(26)32(38)39)29-16-21-15-22(33)11-12-27(21)42-29/h3-17H,2,18H2,1H3. The van der Waals surface area contributed by atoms with Gasteiger partial charge < -0.3 is 13.9 Å². The van der Waals surface area contributed by atoms with E-state index in [0.717, 1.165) is 14.5 Å². The van der Waals surface area contributed by atoms with E-state index in [1.54, 1.807) is 48.7 Å². The molecule has 6 aromatic rings. The van der Waals surface area contributed by atoms with Gasteiger partial charge in [-0.25, -0.2) is 4.98 Å². The Morgan fingerprint density at radius 3 is 2.64 bits per heavy atom. The van der Waals surface area contributed by atoms with Gasteiger partial charge >= 0.3 is 0 Å². The Labute approximate surface area is 264 Å². The third-order valence-corrected chi connectivity index (χ3v) is 7.84. The second kappa shape index (κ2) is 12.2. The van der Waals surface area contributed by atoms with Crippen LogP contribution in [-0.2, 0) is 6.61 Å². The summed E-state index contributed by atoms with van der Waals surface area (Å²) < 4.78 is 20.2. The SMILES string of the molecule is CCOc1cc(C=Nn2c(-c3cc4cc(Cl)ccc4o3)nc3ccccc3c2=O)cc(I)c1OCc1ccccc1Cl. The van der Waals surface area contributed by atoms with Gasteiger partial charge in [-0.15, -0.1) is 0 Å². The first kappa shape index (κ1) is 28.3. The highest BCUT2D eigenvalue weighted by Crippen LogP contribution is 2.35. The number of benzene rings is 4. The summed E-state index contributed by atoms with van der Waals surface area (Å²) in [7, 11) is 0. The molecule has 6 rings (SSSR count). The van der Waals surface area contributed by atoms with E-state index in [-0.39, 0.29) is 18.0 Å². The van der Waals surface area contributed by atoms with Crippen molar-refractivity contribution < 1.29 is 13.9 Å². The first-order chi connectivity index (χ1) is 20.4. The minimum absolute atomic E-state index is 0.265. The van der Waals surface area contributed by atoms with E-state index in [0.29, 0.717) is 56.0 Å². The van der Waals surface area contributed by atoms with Gasteiger partial charge in [0.2, 0.25) is 5.82 Å². The molecule has 0 radical (unpaired) electrons. The smallest absolute Gasteiger partial charge is 0.282 e. The molecule has 210 valence electrons. The Hall–Kier alpha value is -3.86. The molecule has 7 nitrogen and oxygen atoms in total. The number of furan rings is 1. The number of aromatic nitrogens is 2. The molecule has 2 heterocycles. The quantitative estimate of drug-likeness (QED) is 0.117. The highest BCUT2D eigenvalue weighted by atomic mass is 127. The Morgan fingerprint density at radius 1 is 1.00 bits per heavy atom. The lowest BCUT2D eigenvalue weighted by atomic mass is 10.2. The lowest BCUT2D eigenvalue weighted by Crippen LogP contribution is -2.20. The molecule has 42 heavy (non-hydrogen) atoms. The van der Waals surface area contributed by atoms with Gasteiger partial charge in [-0.3, -0.25) is 4.79 Å². The third-order valence-electron chi connectivity index (χ3n) is 6.44. The van der Waals surface area contributed by atoms with Crippen LogP contribution in [0.25, 0.3) is 33.5 Å². The normalized spacial score (nSPS) is 11.5. The van der Waals surface area contributed by atoms with Gasteiger partial charge in [0.1, 0.15) is 12.2 Å². The predicted molar refractivity (Wildman–Crippen MR) is 175 cm³/mol. The van der Waals surface area contributed by atoms with Crippen molar-refractivity contribution >= 4 is 73.9 Å². The number of hydrogen-bond donors (Lipinski definition) is 0. The van der Waals surface area contributed by atoms with E-state index >= 15 is 0 Å². The molecule has 0 bridgehead atoms. The summed E-state index contributed by atoms with van der Waals surface area (Å²) in [5, 5.41) is 7.02. The highest BCUT2D eigenvalue weighted by molar-refractivity contribution is 14.1. The van der Waals surface area contributed by atoms with E-state index in [2.05, 4.69) is 27.7 Å². The zero-order valence-electron chi connectivity index (χ0n) is 22.2. The zero-order chi connectivity index (χ0) is 29.2. The minimum Gasteiger partial charge on any atom is -0.490 e. The van der Waals surface area contributed by atoms with Crippen LogP contribution in [0, 0.1) is 3.57 Å². The lowest BCUT2D eigenvalue weighted by Gasteiger charge is -2.15. The molecule has 10 heteroatoms. The van der Waals surface area contributed by atoms with Crippen molar-refractivity contribution in [3.63, 3.8) is 0 Å². The fourth-order valence-corrected chi connectivity index (χ4v) is 5.62. The summed E-state index contributed by atoms with van der Waals surface area (Å²) in [6.07, 6.45) is 1.59. The van der Waals surface area contributed by atoms with Gasteiger partial charge in [0.05, 0.1) is 27.3 Å². The van der Waals surface area contributed by atoms with Crippen LogP contribution in [0.4, 0.5) is 0 Å². The van der Waals surface area contributed by atoms with Crippen molar-refractivity contribution in [3.8, 4) is 23.1 Å². The van der Waals surface area contributed by atoms with Crippen LogP contribution in [0.1, 0.15) is 18.1 Å². The van der Waals surface area contributed by atoms with Crippen LogP contribution in [0.3, 0.4) is 0 Å². The molecular weight excluding hydrogens is 688 g/mol. The molecule has 4 aromatic carbocycles. The number of ether oxygens (including phenoxy) is 2. The Morgan fingerprint density at radius 2 is 1.81 bits per heavy atom. The van der Waals surface area contributed by atoms with Crippen LogP contribution in [0.15, 0.2) is 99.2 Å². The van der Waals surface area contributed by atoms with E-state index < -0.39 is 0 Å². The maximum Gasteiger partial charge on any atom is 0.282 e. The zero-order valence-corrected chi connectivity index (χ0v) is 25.9. The summed E-state index contributed by atoms with van der Waals surface area (Å²) in [5.41, 5.74) is 2.40. The first-order valence-corrected chi connectivity index (χ1v) is 14.8. The summed E-state index contributed by atoms with van der Waals surface area (Å²) >= 11 is 14.7. The van der Waals surface area contributed by atoms with Gasteiger partial charge in [0, 0.05) is 21.0 Å². The molecule has 0 saturated carbocycles. The molecule has 2 aromatic heterocycles. The second-order valence-corrected chi connectivity index (χ2v) is 11.3. The van der Waals surface area contributed by atoms with Crippen molar-refractivity contribution in [2.75, 3.05) is 6.61 Å². The highest BCUT2D eigenvalue weighted by Gasteiger charge is 2.17. The molecule has 0 aliphatic carbocycles. The van der Waals surface area contributed by atoms with Crippen molar-refractivity contribution in [2.24, 2.45) is 5.10 Å². The van der Waals surface area contributed by atoms with Crippen LogP contribution >= 0.6 is 45.8 Å². The summed E-state index contributed by atoms with van der Waals surface area (Å²) in [6.45, 7) is 2.62. The molecule has 0 aliphatic heterocycles. The molecule has 0 fully saturated rings. The maximum atomic E-state index is 13.6. The van der Waals surface area contributed by atoms with Crippen LogP contribution in [0.5, 0.6) is 11.5 Å². The molecule has 0 atom stereocenters. The van der Waals surface area contributed by atoms with Crippen LogP contribution in [0.2, 0.25) is 10.0 Å². The number of para-hydroxylation sites is 1. The second-order valence-electron chi connectivity index (χ2n) is 9.25. The van der Waals surface area contributed by atoms with Gasteiger partial charge in [0.15, 0.2) is 17.3 Å². The molecular formula is C32H22Cl2IN3O4. The van der Waals surface area contributed by atoms with Gasteiger partial charge in [-0.2, -0.15) is 9.78 Å². The number of rotatable bonds is 8.